The van der Waals surface area contributed by atoms with Crippen molar-refractivity contribution in [2.75, 3.05) is 19.5 Å². The number of pyridine rings is 1. The number of hydrogen-bond donors (Lipinski definition) is 3. The van der Waals surface area contributed by atoms with Crippen LogP contribution in [0.2, 0.25) is 0 Å². The number of hydrogen-bond acceptors (Lipinski definition) is 9. The number of ether oxygens (including phenoxy) is 1. The molecule has 1 fully saturated rings. The molecule has 1 amide bonds. The van der Waals surface area contributed by atoms with Gasteiger partial charge in [-0.25, -0.2) is 9.99 Å². The summed E-state index contributed by atoms with van der Waals surface area (Å²) in [5, 5.41) is 15.5. The Morgan fingerprint density at radius 2 is 2.24 bits per heavy atom. The van der Waals surface area contributed by atoms with Crippen molar-refractivity contribution in [1.29, 1.82) is 0 Å². The van der Waals surface area contributed by atoms with Gasteiger partial charge in [-0.2, -0.15) is 5.10 Å². The number of nitrogens with zero attached hydrogens (tertiary/aromatic N) is 5. The molecule has 2 unspecified atom stereocenters. The molecule has 12 heteroatoms. The zero-order valence-corrected chi connectivity index (χ0v) is 19.1. The van der Waals surface area contributed by atoms with Crippen LogP contribution in [0.25, 0.3) is 5.88 Å². The third-order valence-corrected chi connectivity index (χ3v) is 6.20. The number of oxazole rings is 1. The molecule has 2 aliphatic heterocycles. The van der Waals surface area contributed by atoms with Crippen LogP contribution in [0.4, 0.5) is 5.69 Å². The number of rotatable bonds is 6. The van der Waals surface area contributed by atoms with E-state index in [1.54, 1.807) is 56.7 Å². The fourth-order valence-corrected chi connectivity index (χ4v) is 4.21. The van der Waals surface area contributed by atoms with Gasteiger partial charge in [0.25, 0.3) is 5.56 Å². The van der Waals surface area contributed by atoms with Crippen LogP contribution in [0, 0.1) is 12.8 Å². The number of aromatic nitrogens is 2. The van der Waals surface area contributed by atoms with Crippen molar-refractivity contribution in [2.24, 2.45) is 16.0 Å². The van der Waals surface area contributed by atoms with Crippen molar-refractivity contribution in [2.45, 2.75) is 38.1 Å². The monoisotopic (exact) mass is 466 g/mol. The highest BCUT2D eigenvalue weighted by molar-refractivity contribution is 6.01. The summed E-state index contributed by atoms with van der Waals surface area (Å²) in [6.45, 7) is 1.71. The summed E-state index contributed by atoms with van der Waals surface area (Å²) in [5.74, 6) is 1.17. The van der Waals surface area contributed by atoms with Crippen LogP contribution in [0.1, 0.15) is 18.7 Å². The average Bonchev–Trinajstić information content (AvgIpc) is 3.44. The minimum atomic E-state index is -0.551. The number of amidine groups is 1. The Morgan fingerprint density at radius 3 is 2.91 bits per heavy atom. The van der Waals surface area contributed by atoms with Gasteiger partial charge in [0.1, 0.15) is 29.4 Å². The van der Waals surface area contributed by atoms with E-state index in [-0.39, 0.29) is 23.6 Å². The predicted molar refractivity (Wildman–Crippen MR) is 125 cm³/mol. The Balaban J connectivity index is 1.35. The van der Waals surface area contributed by atoms with E-state index < -0.39 is 12.1 Å². The number of aryl methyl sites for hydroxylation is 1. The number of nitrogens with one attached hydrogen (secondary N) is 3. The number of fused-ring (bicyclic) bond motifs is 1. The van der Waals surface area contributed by atoms with E-state index >= 15 is 0 Å². The maximum atomic E-state index is 13.0. The van der Waals surface area contributed by atoms with Crippen LogP contribution in [-0.4, -0.2) is 65.0 Å². The Hall–Kier alpha value is -3.93. The second-order valence-corrected chi connectivity index (χ2v) is 8.27. The lowest BCUT2D eigenvalue weighted by molar-refractivity contribution is -0.127. The molecular formula is C22H26N8O4. The lowest BCUT2D eigenvalue weighted by atomic mass is 9.88. The van der Waals surface area contributed by atoms with E-state index in [1.807, 2.05) is 0 Å². The first-order chi connectivity index (χ1) is 16.5. The number of carbonyl (C=O) groups is 1. The van der Waals surface area contributed by atoms with Gasteiger partial charge in [-0.15, -0.1) is 0 Å². The number of methoxy groups -OCH3 is 1. The summed E-state index contributed by atoms with van der Waals surface area (Å²) in [6.07, 6.45) is 7.80. The molecule has 0 saturated heterocycles. The highest BCUT2D eigenvalue weighted by Crippen LogP contribution is 2.26. The zero-order valence-electron chi connectivity index (χ0n) is 19.1. The summed E-state index contributed by atoms with van der Waals surface area (Å²) in [4.78, 5) is 34.4. The molecule has 34 heavy (non-hydrogen) atoms. The predicted octanol–water partition coefficient (Wildman–Crippen LogP) is 0.556. The second-order valence-electron chi connectivity index (χ2n) is 8.27. The molecule has 0 aromatic carbocycles. The van der Waals surface area contributed by atoms with E-state index in [9.17, 15) is 9.59 Å². The molecule has 4 heterocycles. The molecule has 0 radical (unpaired) electrons. The van der Waals surface area contributed by atoms with E-state index in [0.717, 1.165) is 12.8 Å². The lowest BCUT2D eigenvalue weighted by Gasteiger charge is -2.38. The van der Waals surface area contributed by atoms with Gasteiger partial charge in [-0.3, -0.25) is 19.1 Å². The third-order valence-electron chi connectivity index (χ3n) is 6.20. The summed E-state index contributed by atoms with van der Waals surface area (Å²) in [7, 11) is 3.30. The molecule has 3 aliphatic rings. The first-order valence-electron chi connectivity index (χ1n) is 11.0. The molecule has 1 saturated carbocycles. The lowest BCUT2D eigenvalue weighted by Crippen LogP contribution is -2.58. The summed E-state index contributed by atoms with van der Waals surface area (Å²) < 4.78 is 12.2. The number of aliphatic imine (C=N–C) groups is 1. The van der Waals surface area contributed by atoms with Gasteiger partial charge in [-0.05, 0) is 25.0 Å². The molecule has 2 aromatic rings. The topological polar surface area (TPSA) is 138 Å². The highest BCUT2D eigenvalue weighted by Gasteiger charge is 2.42. The molecule has 1 aliphatic carbocycles. The Bertz CT molecular complexity index is 1240. The van der Waals surface area contributed by atoms with Crippen LogP contribution < -0.4 is 21.5 Å². The molecular weight excluding hydrogens is 440 g/mol. The van der Waals surface area contributed by atoms with Gasteiger partial charge >= 0.3 is 0 Å². The Morgan fingerprint density at radius 1 is 1.38 bits per heavy atom. The van der Waals surface area contributed by atoms with Crippen molar-refractivity contribution in [3.05, 3.63) is 52.7 Å². The van der Waals surface area contributed by atoms with E-state index in [2.05, 4.69) is 31.0 Å². The Labute approximate surface area is 195 Å². The summed E-state index contributed by atoms with van der Waals surface area (Å²) >= 11 is 0. The fraction of sp³-hybridized carbons (Fsp3) is 0.409. The maximum absolute atomic E-state index is 13.0. The maximum Gasteiger partial charge on any atom is 0.281 e. The van der Waals surface area contributed by atoms with Crippen LogP contribution in [0.5, 0.6) is 0 Å². The van der Waals surface area contributed by atoms with Crippen LogP contribution >= 0.6 is 0 Å². The minimum absolute atomic E-state index is 0.00139. The number of hydrazone groups is 1. The van der Waals surface area contributed by atoms with Crippen LogP contribution in [-0.2, 0) is 9.53 Å². The molecule has 12 nitrogen and oxygen atoms in total. The largest absolute Gasteiger partial charge is 0.425 e. The van der Waals surface area contributed by atoms with Gasteiger partial charge in [0, 0.05) is 39.6 Å². The normalized spacial score (nSPS) is 26.5. The van der Waals surface area contributed by atoms with E-state index in [4.69, 9.17) is 9.15 Å². The van der Waals surface area contributed by atoms with Crippen molar-refractivity contribution in [3.8, 4) is 5.88 Å². The zero-order chi connectivity index (χ0) is 23.8. The highest BCUT2D eigenvalue weighted by atomic mass is 16.5. The van der Waals surface area contributed by atoms with Crippen molar-refractivity contribution < 1.29 is 13.9 Å². The molecule has 3 N–H and O–H groups in total. The van der Waals surface area contributed by atoms with Crippen LogP contribution in [0.3, 0.4) is 0 Å². The SMILES string of the molecule is CN=C1C=C(Nc2cccn(-c3cnc(C)o3)c2=O)NC2C(C(=O)N[C@@H]3CC[C@H]3OC)C=NN12. The van der Waals surface area contributed by atoms with Crippen molar-refractivity contribution in [3.63, 3.8) is 0 Å². The number of anilines is 1. The number of amides is 1. The summed E-state index contributed by atoms with van der Waals surface area (Å²) in [6, 6.07) is 3.39. The smallest absolute Gasteiger partial charge is 0.281 e. The molecule has 5 rings (SSSR count). The summed E-state index contributed by atoms with van der Waals surface area (Å²) in [5.41, 5.74) is 0.00264. The molecule has 0 bridgehead atoms. The molecule has 4 atom stereocenters. The quantitative estimate of drug-likeness (QED) is 0.561. The standard InChI is InChI=1S/C22H26N8O4/c1-12-24-11-19(34-12)29-8-4-5-15(22(29)32)26-17-9-18(23-2)30-20(28-17)13(10-25-30)21(31)27-14-6-7-16(14)33-3/h4-5,8-11,13-14,16,20,26,28H,6-7H2,1-3H3,(H,27,31)/t13?,14-,16-,20?/m1/s1. The van der Waals surface area contributed by atoms with Gasteiger partial charge < -0.3 is 25.1 Å². The average molecular weight is 467 g/mol. The fourth-order valence-electron chi connectivity index (χ4n) is 4.21. The molecule has 178 valence electrons. The molecule has 0 spiro atoms. The molecule has 2 aromatic heterocycles. The van der Waals surface area contributed by atoms with Gasteiger partial charge in [0.2, 0.25) is 11.8 Å². The third kappa shape index (κ3) is 3.85. The second kappa shape index (κ2) is 8.78. The van der Waals surface area contributed by atoms with Crippen LogP contribution in [0.15, 0.2) is 55.7 Å². The van der Waals surface area contributed by atoms with E-state index in [0.29, 0.717) is 29.1 Å². The minimum Gasteiger partial charge on any atom is -0.425 e. The first kappa shape index (κ1) is 21.9. The van der Waals surface area contributed by atoms with Gasteiger partial charge in [-0.1, -0.05) is 0 Å². The van der Waals surface area contributed by atoms with E-state index in [1.165, 1.54) is 10.8 Å². The Kier molecular flexibility index (Phi) is 5.65. The van der Waals surface area contributed by atoms with Crippen molar-refractivity contribution >= 4 is 23.6 Å². The first-order valence-corrected chi connectivity index (χ1v) is 11.0. The van der Waals surface area contributed by atoms with Gasteiger partial charge in [0.15, 0.2) is 5.89 Å². The van der Waals surface area contributed by atoms with Crippen molar-refractivity contribution in [1.82, 2.24) is 25.2 Å². The van der Waals surface area contributed by atoms with Gasteiger partial charge in [0.05, 0.1) is 18.3 Å². The number of carbonyl (C=O) groups excluding carboxylic acids is 1.